The Balaban J connectivity index is 0.000000220. The number of hydrogen-bond acceptors (Lipinski definition) is 6. The van der Waals surface area contributed by atoms with Gasteiger partial charge in [-0.2, -0.15) is 0 Å². The van der Waals surface area contributed by atoms with Gasteiger partial charge in [-0.25, -0.2) is 9.59 Å². The minimum atomic E-state index is -0.596. The van der Waals surface area contributed by atoms with Gasteiger partial charge in [0.05, 0.1) is 11.1 Å². The highest BCUT2D eigenvalue weighted by atomic mass is 35.5. The molecule has 0 spiro atoms. The number of carbonyl (C=O) groups excluding carboxylic acids is 4. The summed E-state index contributed by atoms with van der Waals surface area (Å²) >= 11 is 8.53. The molecule has 0 aliphatic rings. The quantitative estimate of drug-likeness (QED) is 0.163. The first kappa shape index (κ1) is 30.2. The number of nitrogens with two attached hydrogens (primary N) is 2. The molecule has 0 saturated carbocycles. The van der Waals surface area contributed by atoms with Crippen molar-refractivity contribution >= 4 is 68.2 Å². The molecule has 0 radical (unpaired) electrons. The molecule has 10 nitrogen and oxygen atoms in total. The SMILES string of the molecule is CCNC(=O)Nc1sc(-c2ccccc2)cc1C(N)=O.CNC(=O)Nc1sc(-c2cccc(Cl)c2)cc1C(N)=O. The van der Waals surface area contributed by atoms with Crippen molar-refractivity contribution in [3.63, 3.8) is 0 Å². The van der Waals surface area contributed by atoms with Gasteiger partial charge >= 0.3 is 12.1 Å². The maximum atomic E-state index is 11.6. The largest absolute Gasteiger partial charge is 0.366 e. The van der Waals surface area contributed by atoms with E-state index in [4.69, 9.17) is 23.1 Å². The van der Waals surface area contributed by atoms with E-state index < -0.39 is 17.8 Å². The highest BCUT2D eigenvalue weighted by Gasteiger charge is 2.17. The third-order valence-electron chi connectivity index (χ3n) is 5.18. The third-order valence-corrected chi connectivity index (χ3v) is 7.62. The highest BCUT2D eigenvalue weighted by molar-refractivity contribution is 7.20. The Hall–Kier alpha value is -4.39. The van der Waals surface area contributed by atoms with Crippen molar-refractivity contribution in [2.45, 2.75) is 6.92 Å². The van der Waals surface area contributed by atoms with Gasteiger partial charge < -0.3 is 22.1 Å². The van der Waals surface area contributed by atoms with Crippen molar-refractivity contribution in [1.82, 2.24) is 10.6 Å². The van der Waals surface area contributed by atoms with Crippen LogP contribution in [0.25, 0.3) is 20.9 Å². The minimum absolute atomic E-state index is 0.272. The zero-order valence-corrected chi connectivity index (χ0v) is 23.9. The standard InChI is InChI=1S/C14H15N3O2S.C13H12ClN3O2S/c1-2-16-14(19)17-13-10(12(15)18)8-11(20-13)9-6-4-3-5-7-9;1-16-13(19)17-12-9(11(15)18)6-10(20-12)7-3-2-4-8(14)5-7/h3-8H,2H2,1H3,(H2,15,18)(H2,16,17,19);2-6H,1H3,(H2,15,18)(H2,16,17,19). The number of thiophene rings is 2. The molecule has 40 heavy (non-hydrogen) atoms. The number of carbonyl (C=O) groups is 4. The zero-order chi connectivity index (χ0) is 29.2. The number of hydrogen-bond donors (Lipinski definition) is 6. The summed E-state index contributed by atoms with van der Waals surface area (Å²) in [4.78, 5) is 47.5. The second kappa shape index (κ2) is 14.1. The lowest BCUT2D eigenvalue weighted by molar-refractivity contribution is 0.0993. The molecule has 6 amide bonds. The number of urea groups is 2. The van der Waals surface area contributed by atoms with Crippen LogP contribution in [0.2, 0.25) is 5.02 Å². The average molecular weight is 599 g/mol. The Kier molecular flexibility index (Phi) is 10.6. The lowest BCUT2D eigenvalue weighted by Crippen LogP contribution is -2.28. The van der Waals surface area contributed by atoms with Crippen molar-refractivity contribution in [1.29, 1.82) is 0 Å². The lowest BCUT2D eigenvalue weighted by Gasteiger charge is -2.04. The maximum Gasteiger partial charge on any atom is 0.319 e. The molecule has 0 unspecified atom stereocenters. The normalized spacial score (nSPS) is 10.1. The smallest absolute Gasteiger partial charge is 0.319 e. The Morgan fingerprint density at radius 3 is 1.77 bits per heavy atom. The summed E-state index contributed by atoms with van der Waals surface area (Å²) in [5.41, 5.74) is 13.1. The van der Waals surface area contributed by atoms with Crippen molar-refractivity contribution in [2.75, 3.05) is 24.2 Å². The summed E-state index contributed by atoms with van der Waals surface area (Å²) in [6, 6.07) is 19.4. The molecule has 8 N–H and O–H groups in total. The van der Waals surface area contributed by atoms with E-state index in [-0.39, 0.29) is 11.6 Å². The molecule has 4 rings (SSSR count). The Morgan fingerprint density at radius 1 is 0.750 bits per heavy atom. The number of rotatable bonds is 7. The molecule has 208 valence electrons. The van der Waals surface area contributed by atoms with Crippen LogP contribution in [0, 0.1) is 0 Å². The van der Waals surface area contributed by atoms with E-state index >= 15 is 0 Å². The number of halogens is 1. The van der Waals surface area contributed by atoms with Crippen LogP contribution in [0.15, 0.2) is 66.7 Å². The van der Waals surface area contributed by atoms with E-state index in [1.165, 1.54) is 29.7 Å². The summed E-state index contributed by atoms with van der Waals surface area (Å²) in [6.45, 7) is 2.33. The maximum absolute atomic E-state index is 11.6. The van der Waals surface area contributed by atoms with Crippen molar-refractivity contribution in [2.24, 2.45) is 11.5 Å². The van der Waals surface area contributed by atoms with E-state index in [1.54, 1.807) is 24.3 Å². The number of benzene rings is 2. The first-order valence-corrected chi connectivity index (χ1v) is 13.9. The number of primary amides is 2. The fraction of sp³-hybridized carbons (Fsp3) is 0.111. The van der Waals surface area contributed by atoms with Gasteiger partial charge in [-0.1, -0.05) is 54.1 Å². The summed E-state index contributed by atoms with van der Waals surface area (Å²) in [5.74, 6) is -1.16. The van der Waals surface area contributed by atoms with Gasteiger partial charge in [-0.05, 0) is 42.3 Å². The molecule has 0 aliphatic carbocycles. The van der Waals surface area contributed by atoms with Crippen LogP contribution < -0.4 is 32.7 Å². The zero-order valence-electron chi connectivity index (χ0n) is 21.5. The Bertz CT molecular complexity index is 1520. The van der Waals surface area contributed by atoms with Crippen molar-refractivity contribution in [3.8, 4) is 20.9 Å². The molecule has 2 aromatic heterocycles. The molecule has 2 aromatic carbocycles. The third kappa shape index (κ3) is 8.06. The van der Waals surface area contributed by atoms with Crippen LogP contribution in [0.5, 0.6) is 0 Å². The Morgan fingerprint density at radius 2 is 1.27 bits per heavy atom. The van der Waals surface area contributed by atoms with Gasteiger partial charge in [0, 0.05) is 28.4 Å². The van der Waals surface area contributed by atoms with Crippen LogP contribution in [0.3, 0.4) is 0 Å². The fourth-order valence-electron chi connectivity index (χ4n) is 3.34. The molecule has 0 fully saturated rings. The van der Waals surface area contributed by atoms with Crippen molar-refractivity contribution < 1.29 is 19.2 Å². The summed E-state index contributed by atoms with van der Waals surface area (Å²) in [5, 5.41) is 11.7. The molecular weight excluding hydrogens is 572 g/mol. The van der Waals surface area contributed by atoms with Gasteiger partial charge in [0.15, 0.2) is 0 Å². The summed E-state index contributed by atoms with van der Waals surface area (Å²) in [7, 11) is 1.49. The van der Waals surface area contributed by atoms with Crippen molar-refractivity contribution in [3.05, 3.63) is 82.9 Å². The molecule has 0 atom stereocenters. The monoisotopic (exact) mass is 598 g/mol. The first-order chi connectivity index (χ1) is 19.1. The number of nitrogens with one attached hydrogen (secondary N) is 4. The van der Waals surface area contributed by atoms with Crippen LogP contribution in [-0.2, 0) is 0 Å². The summed E-state index contributed by atoms with van der Waals surface area (Å²) < 4.78 is 0. The molecule has 0 aliphatic heterocycles. The lowest BCUT2D eigenvalue weighted by atomic mass is 10.1. The first-order valence-electron chi connectivity index (χ1n) is 11.8. The fourth-order valence-corrected chi connectivity index (χ4v) is 5.64. The second-order valence-electron chi connectivity index (χ2n) is 8.00. The van der Waals surface area contributed by atoms with Gasteiger partial charge in [0.1, 0.15) is 10.0 Å². The van der Waals surface area contributed by atoms with Gasteiger partial charge in [0.2, 0.25) is 0 Å². The van der Waals surface area contributed by atoms with Crippen LogP contribution in [-0.4, -0.2) is 37.5 Å². The van der Waals surface area contributed by atoms with E-state index in [2.05, 4.69) is 21.3 Å². The van der Waals surface area contributed by atoms with Gasteiger partial charge in [-0.15, -0.1) is 22.7 Å². The van der Waals surface area contributed by atoms with E-state index in [0.717, 1.165) is 20.9 Å². The van der Waals surface area contributed by atoms with Crippen LogP contribution >= 0.6 is 34.3 Å². The molecule has 4 aromatic rings. The summed E-state index contributed by atoms with van der Waals surface area (Å²) in [6.07, 6.45) is 0. The number of anilines is 2. The van der Waals surface area contributed by atoms with E-state index in [0.29, 0.717) is 27.1 Å². The highest BCUT2D eigenvalue weighted by Crippen LogP contribution is 2.36. The van der Waals surface area contributed by atoms with E-state index in [1.807, 2.05) is 49.4 Å². The second-order valence-corrected chi connectivity index (χ2v) is 10.5. The predicted octanol–water partition coefficient (Wildman–Crippen LogP) is 5.57. The van der Waals surface area contributed by atoms with Crippen LogP contribution in [0.4, 0.5) is 19.6 Å². The van der Waals surface area contributed by atoms with E-state index in [9.17, 15) is 19.2 Å². The number of amides is 6. The average Bonchev–Trinajstić information content (AvgIpc) is 3.54. The molecular formula is C27H27ClN6O4S2. The van der Waals surface area contributed by atoms with Gasteiger partial charge in [0.25, 0.3) is 11.8 Å². The minimum Gasteiger partial charge on any atom is -0.366 e. The molecule has 2 heterocycles. The van der Waals surface area contributed by atoms with Gasteiger partial charge in [-0.3, -0.25) is 20.2 Å². The Labute approximate surface area is 243 Å². The molecule has 0 saturated heterocycles. The van der Waals surface area contributed by atoms with Crippen LogP contribution in [0.1, 0.15) is 27.6 Å². The predicted molar refractivity (Wildman–Crippen MR) is 162 cm³/mol. The topological polar surface area (TPSA) is 168 Å². The molecule has 0 bridgehead atoms. The molecule has 13 heteroatoms.